The van der Waals surface area contributed by atoms with E-state index < -0.39 is 5.82 Å². The maximum atomic E-state index is 13.0. The van der Waals surface area contributed by atoms with E-state index in [0.717, 1.165) is 5.56 Å². The smallest absolute Gasteiger partial charge is 0.226 e. The third-order valence-corrected chi connectivity index (χ3v) is 3.14. The van der Waals surface area contributed by atoms with E-state index in [1.165, 1.54) is 24.5 Å². The minimum absolute atomic E-state index is 0.0256. The Labute approximate surface area is 126 Å². The SMILES string of the molecule is Fc1ccc(OCc2coc(-c3ccccc3)n2)cc1Cl. The van der Waals surface area contributed by atoms with Crippen molar-refractivity contribution in [2.75, 3.05) is 0 Å². The van der Waals surface area contributed by atoms with E-state index in [1.807, 2.05) is 30.3 Å². The summed E-state index contributed by atoms with van der Waals surface area (Å²) in [6, 6.07) is 13.8. The molecule has 21 heavy (non-hydrogen) atoms. The summed E-state index contributed by atoms with van der Waals surface area (Å²) < 4.78 is 23.9. The number of benzene rings is 2. The van der Waals surface area contributed by atoms with Gasteiger partial charge in [0.1, 0.15) is 30.1 Å². The Morgan fingerprint density at radius 1 is 1.14 bits per heavy atom. The van der Waals surface area contributed by atoms with E-state index in [2.05, 4.69) is 4.98 Å². The largest absolute Gasteiger partial charge is 0.487 e. The van der Waals surface area contributed by atoms with Crippen LogP contribution in [-0.2, 0) is 6.61 Å². The predicted octanol–water partition coefficient (Wildman–Crippen LogP) is 4.71. The third-order valence-electron chi connectivity index (χ3n) is 2.85. The summed E-state index contributed by atoms with van der Waals surface area (Å²) in [4.78, 5) is 4.34. The summed E-state index contributed by atoms with van der Waals surface area (Å²) in [6.07, 6.45) is 1.54. The van der Waals surface area contributed by atoms with Gasteiger partial charge < -0.3 is 9.15 Å². The first kappa shape index (κ1) is 13.6. The van der Waals surface area contributed by atoms with Crippen molar-refractivity contribution in [2.45, 2.75) is 6.61 Å². The van der Waals surface area contributed by atoms with Crippen molar-refractivity contribution < 1.29 is 13.5 Å². The number of nitrogens with zero attached hydrogens (tertiary/aromatic N) is 1. The Kier molecular flexibility index (Phi) is 3.88. The molecule has 0 N–H and O–H groups in total. The maximum absolute atomic E-state index is 13.0. The molecule has 5 heteroatoms. The number of hydrogen-bond acceptors (Lipinski definition) is 3. The molecule has 0 aliphatic carbocycles. The molecule has 0 atom stereocenters. The Bertz CT molecular complexity index is 743. The van der Waals surface area contributed by atoms with Gasteiger partial charge in [-0.3, -0.25) is 0 Å². The first-order valence-electron chi connectivity index (χ1n) is 6.30. The molecule has 2 aromatic carbocycles. The molecule has 1 aromatic heterocycles. The average molecular weight is 304 g/mol. The molecule has 0 amide bonds. The van der Waals surface area contributed by atoms with Gasteiger partial charge in [-0.25, -0.2) is 9.37 Å². The highest BCUT2D eigenvalue weighted by atomic mass is 35.5. The van der Waals surface area contributed by atoms with Gasteiger partial charge in [-0.2, -0.15) is 0 Å². The highest BCUT2D eigenvalue weighted by Crippen LogP contribution is 2.23. The molecule has 3 nitrogen and oxygen atoms in total. The monoisotopic (exact) mass is 303 g/mol. The van der Waals surface area contributed by atoms with Crippen LogP contribution in [0, 0.1) is 5.82 Å². The first-order valence-corrected chi connectivity index (χ1v) is 6.68. The van der Waals surface area contributed by atoms with Crippen molar-refractivity contribution in [3.8, 4) is 17.2 Å². The van der Waals surface area contributed by atoms with Crippen molar-refractivity contribution in [1.82, 2.24) is 4.98 Å². The molecule has 0 radical (unpaired) electrons. The third kappa shape index (κ3) is 3.23. The molecule has 0 saturated carbocycles. The molecule has 0 aliphatic heterocycles. The lowest BCUT2D eigenvalue weighted by Crippen LogP contribution is -1.96. The average Bonchev–Trinajstić information content (AvgIpc) is 2.98. The summed E-state index contributed by atoms with van der Waals surface area (Å²) in [5, 5.41) is 0.0256. The Morgan fingerprint density at radius 3 is 2.71 bits per heavy atom. The molecule has 0 fully saturated rings. The van der Waals surface area contributed by atoms with Crippen LogP contribution in [0.4, 0.5) is 4.39 Å². The highest BCUT2D eigenvalue weighted by Gasteiger charge is 2.07. The van der Waals surface area contributed by atoms with Crippen LogP contribution in [0.15, 0.2) is 59.2 Å². The zero-order valence-corrected chi connectivity index (χ0v) is 11.7. The standard InChI is InChI=1S/C16H11ClFNO2/c17-14-8-13(6-7-15(14)18)20-9-12-10-21-16(19-12)11-4-2-1-3-5-11/h1-8,10H,9H2. The molecule has 0 unspecified atom stereocenters. The fraction of sp³-hybridized carbons (Fsp3) is 0.0625. The fourth-order valence-corrected chi connectivity index (χ4v) is 1.98. The van der Waals surface area contributed by atoms with E-state index in [9.17, 15) is 4.39 Å². The summed E-state index contributed by atoms with van der Waals surface area (Å²) in [5.74, 6) is 0.536. The molecule has 0 aliphatic rings. The van der Waals surface area contributed by atoms with Gasteiger partial charge >= 0.3 is 0 Å². The van der Waals surface area contributed by atoms with Gasteiger partial charge in [-0.15, -0.1) is 0 Å². The molecular weight excluding hydrogens is 293 g/mol. The summed E-state index contributed by atoms with van der Waals surface area (Å²) >= 11 is 5.69. The van der Waals surface area contributed by atoms with Gasteiger partial charge in [0.2, 0.25) is 5.89 Å². The molecule has 3 aromatic rings. The number of halogens is 2. The minimum Gasteiger partial charge on any atom is -0.487 e. The lowest BCUT2D eigenvalue weighted by Gasteiger charge is -2.04. The number of hydrogen-bond donors (Lipinski definition) is 0. The van der Waals surface area contributed by atoms with Crippen LogP contribution in [-0.4, -0.2) is 4.98 Å². The summed E-state index contributed by atoms with van der Waals surface area (Å²) in [6.45, 7) is 0.221. The van der Waals surface area contributed by atoms with Crippen LogP contribution in [0.3, 0.4) is 0 Å². The van der Waals surface area contributed by atoms with Crippen LogP contribution in [0.1, 0.15) is 5.69 Å². The van der Waals surface area contributed by atoms with Crippen LogP contribution >= 0.6 is 11.6 Å². The molecule has 1 heterocycles. The predicted molar refractivity (Wildman–Crippen MR) is 77.7 cm³/mol. The number of oxazole rings is 1. The zero-order valence-electron chi connectivity index (χ0n) is 10.9. The van der Waals surface area contributed by atoms with Crippen molar-refractivity contribution in [2.24, 2.45) is 0 Å². The van der Waals surface area contributed by atoms with E-state index >= 15 is 0 Å². The Hall–Kier alpha value is -2.33. The number of aromatic nitrogens is 1. The second-order valence-corrected chi connectivity index (χ2v) is 4.78. The zero-order chi connectivity index (χ0) is 14.7. The quantitative estimate of drug-likeness (QED) is 0.700. The molecule has 0 spiro atoms. The normalized spacial score (nSPS) is 10.6. The van der Waals surface area contributed by atoms with E-state index in [4.69, 9.17) is 20.8 Å². The lowest BCUT2D eigenvalue weighted by atomic mass is 10.2. The van der Waals surface area contributed by atoms with Gasteiger partial charge in [0.15, 0.2) is 0 Å². The van der Waals surface area contributed by atoms with Gasteiger partial charge in [-0.1, -0.05) is 29.8 Å². The van der Waals surface area contributed by atoms with Crippen LogP contribution in [0.25, 0.3) is 11.5 Å². The lowest BCUT2D eigenvalue weighted by molar-refractivity contribution is 0.300. The Balaban J connectivity index is 1.69. The van der Waals surface area contributed by atoms with Crippen molar-refractivity contribution in [3.05, 3.63) is 71.3 Å². The second kappa shape index (κ2) is 5.97. The molecule has 3 rings (SSSR count). The molecular formula is C16H11ClFNO2. The van der Waals surface area contributed by atoms with Crippen LogP contribution in [0.2, 0.25) is 5.02 Å². The van der Waals surface area contributed by atoms with E-state index in [0.29, 0.717) is 17.3 Å². The molecule has 0 saturated heterocycles. The summed E-state index contributed by atoms with van der Waals surface area (Å²) in [5.41, 5.74) is 1.54. The topological polar surface area (TPSA) is 35.3 Å². The first-order chi connectivity index (χ1) is 10.2. The van der Waals surface area contributed by atoms with Crippen molar-refractivity contribution in [1.29, 1.82) is 0 Å². The second-order valence-electron chi connectivity index (χ2n) is 4.37. The molecule has 106 valence electrons. The highest BCUT2D eigenvalue weighted by molar-refractivity contribution is 6.30. The van der Waals surface area contributed by atoms with Gasteiger partial charge in [0.25, 0.3) is 0 Å². The van der Waals surface area contributed by atoms with Gasteiger partial charge in [-0.05, 0) is 24.3 Å². The maximum Gasteiger partial charge on any atom is 0.226 e. The Morgan fingerprint density at radius 2 is 1.95 bits per heavy atom. The minimum atomic E-state index is -0.475. The fourth-order valence-electron chi connectivity index (χ4n) is 1.81. The van der Waals surface area contributed by atoms with E-state index in [1.54, 1.807) is 0 Å². The molecule has 0 bridgehead atoms. The van der Waals surface area contributed by atoms with Gasteiger partial charge in [0, 0.05) is 11.6 Å². The number of ether oxygens (including phenoxy) is 1. The van der Waals surface area contributed by atoms with Crippen LogP contribution < -0.4 is 4.74 Å². The van der Waals surface area contributed by atoms with Crippen molar-refractivity contribution in [3.63, 3.8) is 0 Å². The van der Waals surface area contributed by atoms with Crippen LogP contribution in [0.5, 0.6) is 5.75 Å². The number of rotatable bonds is 4. The van der Waals surface area contributed by atoms with Crippen molar-refractivity contribution >= 4 is 11.6 Å². The van der Waals surface area contributed by atoms with Gasteiger partial charge in [0.05, 0.1) is 5.02 Å². The van der Waals surface area contributed by atoms with E-state index in [-0.39, 0.29) is 11.6 Å². The summed E-state index contributed by atoms with van der Waals surface area (Å²) in [7, 11) is 0.